The normalized spacial score (nSPS) is 16.2. The minimum Gasteiger partial charge on any atom is -0.457 e. The number of carbonyl (C=O) groups excluding carboxylic acids is 4. The van der Waals surface area contributed by atoms with Gasteiger partial charge in [-0.2, -0.15) is 0 Å². The monoisotopic (exact) mass is 736 g/mol. The number of amides is 2. The van der Waals surface area contributed by atoms with E-state index in [0.717, 1.165) is 15.9 Å². The van der Waals surface area contributed by atoms with E-state index in [1.165, 1.54) is 18.1 Å². The highest BCUT2D eigenvalue weighted by atomic mass is 31.2. The summed E-state index contributed by atoms with van der Waals surface area (Å²) < 4.78 is 17.0. The van der Waals surface area contributed by atoms with Crippen LogP contribution in [-0.2, 0) is 23.5 Å². The summed E-state index contributed by atoms with van der Waals surface area (Å²) in [7, 11) is -0.869. The molecule has 270 valence electrons. The number of methoxy groups -OCH3 is 1. The molecule has 52 heavy (non-hydrogen) atoms. The van der Waals surface area contributed by atoms with E-state index in [2.05, 4.69) is 36.3 Å². The molecule has 1 saturated heterocycles. The van der Waals surface area contributed by atoms with Gasteiger partial charge < -0.3 is 18.8 Å². The Balaban J connectivity index is 1.78. The highest BCUT2D eigenvalue weighted by Crippen LogP contribution is 2.50. The third-order valence-electron chi connectivity index (χ3n) is 8.84. The molecule has 2 amide bonds. The number of anilines is 1. The second-order valence-electron chi connectivity index (χ2n) is 13.4. The van der Waals surface area contributed by atoms with Crippen molar-refractivity contribution in [2.45, 2.75) is 45.1 Å². The van der Waals surface area contributed by atoms with Crippen LogP contribution in [0.15, 0.2) is 128 Å². The summed E-state index contributed by atoms with van der Waals surface area (Å²) in [4.78, 5) is 57.0. The molecule has 0 aromatic heterocycles. The highest BCUT2D eigenvalue weighted by Gasteiger charge is 2.56. The van der Waals surface area contributed by atoms with Crippen LogP contribution in [-0.4, -0.2) is 68.3 Å². The van der Waals surface area contributed by atoms with Gasteiger partial charge in [-0.05, 0) is 66.7 Å². The van der Waals surface area contributed by atoms with E-state index in [0.29, 0.717) is 11.3 Å². The van der Waals surface area contributed by atoms with Gasteiger partial charge in [0.15, 0.2) is 14.1 Å². The molecular formula is C41H45N2O7PSi. The van der Waals surface area contributed by atoms with E-state index in [1.807, 2.05) is 97.9 Å². The van der Waals surface area contributed by atoms with Gasteiger partial charge in [0.05, 0.1) is 25.2 Å². The predicted molar refractivity (Wildman–Crippen MR) is 211 cm³/mol. The Morgan fingerprint density at radius 3 is 1.79 bits per heavy atom. The third-order valence-corrected chi connectivity index (χ3v) is 14.2. The van der Waals surface area contributed by atoms with Crippen LogP contribution in [0.3, 0.4) is 0 Å². The van der Waals surface area contributed by atoms with Crippen LogP contribution in [0.2, 0.25) is 19.6 Å². The minimum absolute atomic E-state index is 0.0726. The number of esters is 1. The SMILES string of the molecule is C=CCOC(=O)C(N1C(=O)[C@H]([C@@H](C)O[Si](C)(C)C)[C@H]1CC(=O)c1ccc(NC(=O)OC)cc1)=P(c1ccccc1)(c1ccccc1)c1ccccc1. The number of nitrogens with one attached hydrogen (secondary N) is 1. The number of rotatable bonds is 14. The lowest BCUT2D eigenvalue weighted by Crippen LogP contribution is -2.69. The number of Topliss-reactive ketones (excluding diaryl/α,β-unsaturated/α-hetero) is 1. The fraction of sp³-hybridized carbons (Fsp3) is 0.244. The Kier molecular flexibility index (Phi) is 12.2. The number of likely N-dealkylation sites (tertiary alicyclic amines) is 1. The Hall–Kier alpha value is -5.02. The number of hydrogen-bond donors (Lipinski definition) is 1. The quantitative estimate of drug-likeness (QED) is 0.0401. The predicted octanol–water partition coefficient (Wildman–Crippen LogP) is 6.36. The average molecular weight is 737 g/mol. The largest absolute Gasteiger partial charge is 0.457 e. The number of carbonyl (C=O) groups is 4. The molecule has 1 fully saturated rings. The molecule has 1 N–H and O–H groups in total. The number of hydrogen-bond acceptors (Lipinski definition) is 7. The number of benzene rings is 4. The van der Waals surface area contributed by atoms with Crippen LogP contribution >= 0.6 is 6.89 Å². The Morgan fingerprint density at radius 1 is 0.846 bits per heavy atom. The van der Waals surface area contributed by atoms with Gasteiger partial charge in [-0.3, -0.25) is 14.9 Å². The maximum absolute atomic E-state index is 14.8. The van der Waals surface area contributed by atoms with Crippen molar-refractivity contribution < 1.29 is 33.1 Å². The van der Waals surface area contributed by atoms with Gasteiger partial charge in [0.1, 0.15) is 12.0 Å². The zero-order valence-electron chi connectivity index (χ0n) is 30.2. The van der Waals surface area contributed by atoms with Crippen LogP contribution in [0.25, 0.3) is 0 Å². The molecule has 3 atom stereocenters. The maximum atomic E-state index is 14.8. The van der Waals surface area contributed by atoms with Crippen molar-refractivity contribution >= 4 is 66.0 Å². The number of nitrogens with zero attached hydrogens (tertiary/aromatic N) is 1. The van der Waals surface area contributed by atoms with Crippen molar-refractivity contribution in [2.75, 3.05) is 19.0 Å². The molecular weight excluding hydrogens is 692 g/mol. The first-order valence-electron chi connectivity index (χ1n) is 17.1. The van der Waals surface area contributed by atoms with Gasteiger partial charge in [-0.15, -0.1) is 0 Å². The summed E-state index contributed by atoms with van der Waals surface area (Å²) in [6, 6.07) is 34.9. The average Bonchev–Trinajstić information content (AvgIpc) is 3.14. The van der Waals surface area contributed by atoms with Crippen LogP contribution in [0.5, 0.6) is 0 Å². The van der Waals surface area contributed by atoms with E-state index < -0.39 is 45.3 Å². The van der Waals surface area contributed by atoms with E-state index >= 15 is 0 Å². The Bertz CT molecular complexity index is 1860. The van der Waals surface area contributed by atoms with Crippen molar-refractivity contribution in [1.82, 2.24) is 4.90 Å². The highest BCUT2D eigenvalue weighted by molar-refractivity contribution is 7.96. The van der Waals surface area contributed by atoms with Gasteiger partial charge in [-0.1, -0.05) is 104 Å². The van der Waals surface area contributed by atoms with Gasteiger partial charge in [-0.25, -0.2) is 9.59 Å². The third kappa shape index (κ3) is 8.05. The van der Waals surface area contributed by atoms with E-state index in [4.69, 9.17) is 9.16 Å². The van der Waals surface area contributed by atoms with E-state index in [9.17, 15) is 19.2 Å². The van der Waals surface area contributed by atoms with Gasteiger partial charge in [0.25, 0.3) is 0 Å². The summed E-state index contributed by atoms with van der Waals surface area (Å²) in [5.74, 6) is -1.91. The molecule has 0 unspecified atom stereocenters. The summed E-state index contributed by atoms with van der Waals surface area (Å²) in [6.07, 6.45) is 0.252. The first-order chi connectivity index (χ1) is 24.9. The van der Waals surface area contributed by atoms with Crippen LogP contribution in [0, 0.1) is 5.92 Å². The molecule has 0 aliphatic carbocycles. The van der Waals surface area contributed by atoms with Crippen LogP contribution in [0.1, 0.15) is 23.7 Å². The second-order valence-corrected chi connectivity index (χ2v) is 21.2. The standard InChI is InChI=1S/C41H45N2O7PSi/c1-7-27-49-40(46)39(51(32-17-11-8-12-18-32,33-19-13-9-14-20-33)34-21-15-10-16-22-34)43-35(37(38(43)45)29(2)50-52(4,5)6)28-36(44)30-23-25-31(26-24-30)42-41(47)48-3/h7-26,29,35,37H,1,27-28H2,2-6H3,(H,42,47)/t29-,35-,37-/m1/s1. The Labute approximate surface area is 306 Å². The molecule has 1 aliphatic rings. The first kappa shape index (κ1) is 38.2. The lowest BCUT2D eigenvalue weighted by molar-refractivity contribution is -0.156. The van der Waals surface area contributed by atoms with Gasteiger partial charge in [0, 0.05) is 24.6 Å². The lowest BCUT2D eigenvalue weighted by atomic mass is 9.79. The first-order valence-corrected chi connectivity index (χ1v) is 22.3. The molecule has 1 heterocycles. The summed E-state index contributed by atoms with van der Waals surface area (Å²) in [5, 5.41) is 5.13. The lowest BCUT2D eigenvalue weighted by Gasteiger charge is -2.52. The van der Waals surface area contributed by atoms with E-state index in [-0.39, 0.29) is 30.1 Å². The molecule has 1 aliphatic heterocycles. The molecule has 0 radical (unpaired) electrons. The summed E-state index contributed by atoms with van der Waals surface area (Å²) in [5.41, 5.74) is 1.04. The fourth-order valence-electron chi connectivity index (χ4n) is 6.77. The fourth-order valence-corrected chi connectivity index (χ4v) is 12.4. The van der Waals surface area contributed by atoms with Crippen molar-refractivity contribution in [3.63, 3.8) is 0 Å². The zero-order chi connectivity index (χ0) is 37.5. The van der Waals surface area contributed by atoms with Crippen molar-refractivity contribution in [3.8, 4) is 0 Å². The molecule has 9 nitrogen and oxygen atoms in total. The zero-order valence-corrected chi connectivity index (χ0v) is 32.0. The van der Waals surface area contributed by atoms with E-state index in [1.54, 1.807) is 24.3 Å². The van der Waals surface area contributed by atoms with Gasteiger partial charge >= 0.3 is 12.1 Å². The summed E-state index contributed by atoms with van der Waals surface area (Å²) in [6.45, 7) is 8.53. The molecule has 0 bridgehead atoms. The maximum Gasteiger partial charge on any atom is 0.411 e. The number of β-lactam (4-membered cyclic amide) rings is 1. The molecule has 4 aromatic rings. The molecule has 4 aromatic carbocycles. The smallest absolute Gasteiger partial charge is 0.411 e. The second kappa shape index (κ2) is 16.5. The summed E-state index contributed by atoms with van der Waals surface area (Å²) >= 11 is 0. The van der Waals surface area contributed by atoms with Crippen LogP contribution in [0.4, 0.5) is 10.5 Å². The van der Waals surface area contributed by atoms with Gasteiger partial charge in [0.2, 0.25) is 5.91 Å². The molecule has 11 heteroatoms. The molecule has 0 saturated carbocycles. The van der Waals surface area contributed by atoms with Crippen molar-refractivity contribution in [2.24, 2.45) is 5.92 Å². The number of ether oxygens (including phenoxy) is 2. The molecule has 5 rings (SSSR count). The van der Waals surface area contributed by atoms with Crippen molar-refractivity contribution in [3.05, 3.63) is 133 Å². The van der Waals surface area contributed by atoms with Crippen molar-refractivity contribution in [1.29, 1.82) is 0 Å². The Morgan fingerprint density at radius 2 is 1.35 bits per heavy atom. The molecule has 0 spiro atoms. The number of ketones is 1. The minimum atomic E-state index is -3.17. The topological polar surface area (TPSA) is 111 Å². The van der Waals surface area contributed by atoms with Crippen LogP contribution < -0.4 is 21.2 Å².